The van der Waals surface area contributed by atoms with E-state index in [0.717, 1.165) is 12.2 Å². The number of para-hydroxylation sites is 1. The van der Waals surface area contributed by atoms with Crippen LogP contribution in [-0.2, 0) is 0 Å². The zero-order valence-corrected chi connectivity index (χ0v) is 12.9. The molecule has 5 heteroatoms. The van der Waals surface area contributed by atoms with Gasteiger partial charge in [-0.2, -0.15) is 5.10 Å². The van der Waals surface area contributed by atoms with Gasteiger partial charge in [-0.15, -0.1) is 0 Å². The number of nitrogens with zero attached hydrogens (tertiary/aromatic N) is 3. The van der Waals surface area contributed by atoms with Crippen LogP contribution in [0.1, 0.15) is 36.8 Å². The van der Waals surface area contributed by atoms with Crippen LogP contribution in [0.3, 0.4) is 0 Å². The molecule has 0 fully saturated rings. The number of aryl methyl sites for hydroxylation is 1. The van der Waals surface area contributed by atoms with Gasteiger partial charge in [0, 0.05) is 12.6 Å². The van der Waals surface area contributed by atoms with Crippen LogP contribution in [0.4, 0.5) is 5.82 Å². The van der Waals surface area contributed by atoms with Gasteiger partial charge in [0.05, 0.1) is 11.4 Å². The van der Waals surface area contributed by atoms with Gasteiger partial charge in [0.25, 0.3) is 0 Å². The van der Waals surface area contributed by atoms with Crippen molar-refractivity contribution in [3.8, 4) is 5.69 Å². The second kappa shape index (κ2) is 5.99. The third kappa shape index (κ3) is 2.77. The smallest absolute Gasteiger partial charge is 0.341 e. The molecule has 112 valence electrons. The molecule has 1 N–H and O–H groups in total. The summed E-state index contributed by atoms with van der Waals surface area (Å²) in [7, 11) is 0. The molecular formula is C16H21N3O2. The minimum absolute atomic E-state index is 0.187. The van der Waals surface area contributed by atoms with Crippen molar-refractivity contribution in [1.29, 1.82) is 0 Å². The molecule has 0 bridgehead atoms. The Bertz CT molecular complexity index is 632. The van der Waals surface area contributed by atoms with Gasteiger partial charge in [-0.1, -0.05) is 18.2 Å². The summed E-state index contributed by atoms with van der Waals surface area (Å²) in [6, 6.07) is 9.81. The molecule has 1 heterocycles. The summed E-state index contributed by atoms with van der Waals surface area (Å²) in [6.07, 6.45) is 0. The number of hydrogen-bond acceptors (Lipinski definition) is 3. The molecule has 0 aliphatic heterocycles. The Balaban J connectivity index is 2.71. The van der Waals surface area contributed by atoms with Crippen LogP contribution in [0.5, 0.6) is 0 Å². The molecule has 0 aliphatic rings. The summed E-state index contributed by atoms with van der Waals surface area (Å²) in [5, 5.41) is 14.0. The number of anilines is 1. The third-order valence-corrected chi connectivity index (χ3v) is 3.49. The van der Waals surface area contributed by atoms with Gasteiger partial charge < -0.3 is 10.0 Å². The van der Waals surface area contributed by atoms with E-state index in [4.69, 9.17) is 0 Å². The minimum atomic E-state index is -0.941. The van der Waals surface area contributed by atoms with E-state index in [1.807, 2.05) is 51.1 Å². The molecule has 1 aromatic heterocycles. The molecule has 0 radical (unpaired) electrons. The van der Waals surface area contributed by atoms with E-state index in [2.05, 4.69) is 10.00 Å². The van der Waals surface area contributed by atoms with Crippen LogP contribution in [0, 0.1) is 6.92 Å². The molecule has 2 aromatic rings. The molecule has 0 spiro atoms. The predicted octanol–water partition coefficient (Wildman–Crippen LogP) is 3.11. The fourth-order valence-electron chi connectivity index (χ4n) is 2.54. The number of carboxylic acid groups (broad SMARTS) is 1. The Labute approximate surface area is 124 Å². The van der Waals surface area contributed by atoms with Gasteiger partial charge in [0.1, 0.15) is 11.4 Å². The maximum atomic E-state index is 11.7. The van der Waals surface area contributed by atoms with Crippen LogP contribution < -0.4 is 4.90 Å². The van der Waals surface area contributed by atoms with Crippen molar-refractivity contribution in [2.24, 2.45) is 0 Å². The molecule has 21 heavy (non-hydrogen) atoms. The number of carboxylic acids is 1. The Morgan fingerprint density at radius 1 is 1.33 bits per heavy atom. The fourth-order valence-corrected chi connectivity index (χ4v) is 2.54. The summed E-state index contributed by atoms with van der Waals surface area (Å²) in [6.45, 7) is 8.57. The van der Waals surface area contributed by atoms with Crippen LogP contribution in [0.15, 0.2) is 30.3 Å². The molecule has 0 unspecified atom stereocenters. The monoisotopic (exact) mass is 287 g/mol. The fraction of sp³-hybridized carbons (Fsp3) is 0.375. The number of hydrogen-bond donors (Lipinski definition) is 1. The quantitative estimate of drug-likeness (QED) is 0.918. The first-order valence-electron chi connectivity index (χ1n) is 7.12. The van der Waals surface area contributed by atoms with Gasteiger partial charge in [-0.25, -0.2) is 9.48 Å². The lowest BCUT2D eigenvalue weighted by Gasteiger charge is -2.28. The molecular weight excluding hydrogens is 266 g/mol. The predicted molar refractivity (Wildman–Crippen MR) is 83.4 cm³/mol. The largest absolute Gasteiger partial charge is 0.477 e. The first-order chi connectivity index (χ1) is 9.97. The Hall–Kier alpha value is -2.30. The van der Waals surface area contributed by atoms with Crippen molar-refractivity contribution in [3.05, 3.63) is 41.6 Å². The van der Waals surface area contributed by atoms with E-state index < -0.39 is 5.97 Å². The van der Waals surface area contributed by atoms with Gasteiger partial charge in [0.15, 0.2) is 0 Å². The van der Waals surface area contributed by atoms with Crippen molar-refractivity contribution >= 4 is 11.8 Å². The lowest BCUT2D eigenvalue weighted by molar-refractivity contribution is 0.0696. The van der Waals surface area contributed by atoms with E-state index in [-0.39, 0.29) is 11.6 Å². The van der Waals surface area contributed by atoms with E-state index in [1.165, 1.54) is 0 Å². The van der Waals surface area contributed by atoms with Crippen molar-refractivity contribution in [2.75, 3.05) is 11.4 Å². The van der Waals surface area contributed by atoms with E-state index >= 15 is 0 Å². The molecule has 0 saturated heterocycles. The average molecular weight is 287 g/mol. The zero-order valence-electron chi connectivity index (χ0n) is 12.9. The summed E-state index contributed by atoms with van der Waals surface area (Å²) >= 11 is 0. The third-order valence-electron chi connectivity index (χ3n) is 3.49. The molecule has 2 rings (SSSR count). The topological polar surface area (TPSA) is 58.4 Å². The van der Waals surface area contributed by atoms with Crippen molar-refractivity contribution in [3.63, 3.8) is 0 Å². The summed E-state index contributed by atoms with van der Waals surface area (Å²) in [5.41, 5.74) is 1.66. The van der Waals surface area contributed by atoms with Crippen LogP contribution in [0.25, 0.3) is 5.69 Å². The molecule has 0 aliphatic carbocycles. The van der Waals surface area contributed by atoms with Gasteiger partial charge in [-0.05, 0) is 39.8 Å². The van der Waals surface area contributed by atoms with Crippen LogP contribution >= 0.6 is 0 Å². The molecule has 0 amide bonds. The summed E-state index contributed by atoms with van der Waals surface area (Å²) < 4.78 is 1.72. The summed E-state index contributed by atoms with van der Waals surface area (Å²) in [5.74, 6) is -0.299. The highest BCUT2D eigenvalue weighted by molar-refractivity contribution is 5.95. The van der Waals surface area contributed by atoms with Gasteiger partial charge in [-0.3, -0.25) is 0 Å². The van der Waals surface area contributed by atoms with Crippen molar-refractivity contribution in [1.82, 2.24) is 9.78 Å². The number of carbonyl (C=O) groups is 1. The Kier molecular flexibility index (Phi) is 4.31. The standard InChI is InChI=1S/C16H21N3O2/c1-5-18(11(2)3)15-14(16(20)21)12(4)17-19(15)13-9-7-6-8-10-13/h6-11H,5H2,1-4H3,(H,20,21). The lowest BCUT2D eigenvalue weighted by Crippen LogP contribution is -2.33. The summed E-state index contributed by atoms with van der Waals surface area (Å²) in [4.78, 5) is 13.7. The zero-order chi connectivity index (χ0) is 15.6. The highest BCUT2D eigenvalue weighted by atomic mass is 16.4. The van der Waals surface area contributed by atoms with Gasteiger partial charge in [0.2, 0.25) is 0 Å². The van der Waals surface area contributed by atoms with Gasteiger partial charge >= 0.3 is 5.97 Å². The second-order valence-electron chi connectivity index (χ2n) is 5.22. The number of aromatic carboxylic acids is 1. The van der Waals surface area contributed by atoms with Crippen LogP contribution in [0.2, 0.25) is 0 Å². The number of benzene rings is 1. The molecule has 1 aromatic carbocycles. The Morgan fingerprint density at radius 3 is 2.43 bits per heavy atom. The first-order valence-corrected chi connectivity index (χ1v) is 7.12. The highest BCUT2D eigenvalue weighted by Crippen LogP contribution is 2.28. The molecule has 0 atom stereocenters. The number of rotatable bonds is 5. The molecule has 5 nitrogen and oxygen atoms in total. The van der Waals surface area contributed by atoms with E-state index in [9.17, 15) is 9.90 Å². The van der Waals surface area contributed by atoms with Crippen LogP contribution in [-0.4, -0.2) is 33.4 Å². The van der Waals surface area contributed by atoms with Crippen molar-refractivity contribution in [2.45, 2.75) is 33.7 Å². The lowest BCUT2D eigenvalue weighted by atomic mass is 10.2. The highest BCUT2D eigenvalue weighted by Gasteiger charge is 2.26. The van der Waals surface area contributed by atoms with E-state index in [0.29, 0.717) is 11.5 Å². The maximum Gasteiger partial charge on any atom is 0.341 e. The van der Waals surface area contributed by atoms with E-state index in [1.54, 1.807) is 11.6 Å². The van der Waals surface area contributed by atoms with Crippen molar-refractivity contribution < 1.29 is 9.90 Å². The molecule has 0 saturated carbocycles. The minimum Gasteiger partial charge on any atom is -0.477 e. The Morgan fingerprint density at radius 2 is 1.95 bits per heavy atom. The average Bonchev–Trinajstić information content (AvgIpc) is 2.78. The second-order valence-corrected chi connectivity index (χ2v) is 5.22. The SMILES string of the molecule is CCN(c1c(C(=O)O)c(C)nn1-c1ccccc1)C(C)C. The normalized spacial score (nSPS) is 10.9. The maximum absolute atomic E-state index is 11.7. The first kappa shape index (κ1) is 15.1. The number of aromatic nitrogens is 2.